The van der Waals surface area contributed by atoms with Crippen LogP contribution in [0.5, 0.6) is 5.75 Å². The third-order valence-corrected chi connectivity index (χ3v) is 3.97. The fourth-order valence-electron chi connectivity index (χ4n) is 2.92. The molecule has 0 saturated heterocycles. The van der Waals surface area contributed by atoms with Gasteiger partial charge in [-0.05, 0) is 49.3 Å². The van der Waals surface area contributed by atoms with E-state index in [1.807, 2.05) is 13.0 Å². The van der Waals surface area contributed by atoms with E-state index in [4.69, 9.17) is 22.1 Å². The van der Waals surface area contributed by atoms with Crippen LogP contribution in [0.25, 0.3) is 0 Å². The van der Waals surface area contributed by atoms with Crippen LogP contribution in [0.15, 0.2) is 12.1 Å². The second-order valence-electron chi connectivity index (χ2n) is 5.36. The standard InChI is InChI=1S/C15H22ClNO/c1-10(17)7-11-8-13(12-5-3-4-6-12)15(18-2)14(16)9-11/h8-10,12H,3-7,17H2,1-2H3. The van der Waals surface area contributed by atoms with Gasteiger partial charge in [0.1, 0.15) is 5.75 Å². The molecule has 100 valence electrons. The van der Waals surface area contributed by atoms with Crippen molar-refractivity contribution in [1.82, 2.24) is 0 Å². The Morgan fingerprint density at radius 1 is 1.39 bits per heavy atom. The van der Waals surface area contributed by atoms with Crippen molar-refractivity contribution in [3.8, 4) is 5.75 Å². The lowest BCUT2D eigenvalue weighted by Gasteiger charge is -2.18. The maximum absolute atomic E-state index is 6.33. The minimum absolute atomic E-state index is 0.158. The molecule has 1 saturated carbocycles. The van der Waals surface area contributed by atoms with E-state index in [0.29, 0.717) is 5.92 Å². The van der Waals surface area contributed by atoms with Crippen LogP contribution in [-0.2, 0) is 6.42 Å². The van der Waals surface area contributed by atoms with Crippen molar-refractivity contribution in [2.24, 2.45) is 5.73 Å². The molecule has 3 heteroatoms. The first-order valence-corrected chi connectivity index (χ1v) is 7.11. The first-order chi connectivity index (χ1) is 8.61. The monoisotopic (exact) mass is 267 g/mol. The van der Waals surface area contributed by atoms with Gasteiger partial charge in [0.05, 0.1) is 12.1 Å². The van der Waals surface area contributed by atoms with Crippen LogP contribution in [0.3, 0.4) is 0 Å². The normalized spacial score (nSPS) is 18.0. The van der Waals surface area contributed by atoms with Crippen molar-refractivity contribution in [2.75, 3.05) is 7.11 Å². The molecule has 1 aromatic carbocycles. The maximum atomic E-state index is 6.33. The highest BCUT2D eigenvalue weighted by atomic mass is 35.5. The summed E-state index contributed by atoms with van der Waals surface area (Å²) in [6.07, 6.45) is 5.97. The zero-order valence-corrected chi connectivity index (χ0v) is 12.0. The summed E-state index contributed by atoms with van der Waals surface area (Å²) in [5, 5.41) is 0.720. The molecule has 0 spiro atoms. The summed E-state index contributed by atoms with van der Waals surface area (Å²) < 4.78 is 5.49. The largest absolute Gasteiger partial charge is 0.495 e. The number of nitrogens with two attached hydrogens (primary N) is 1. The minimum Gasteiger partial charge on any atom is -0.495 e. The van der Waals surface area contributed by atoms with Crippen molar-refractivity contribution in [2.45, 2.75) is 51.0 Å². The molecule has 1 aliphatic carbocycles. The lowest BCUT2D eigenvalue weighted by atomic mass is 9.93. The number of halogens is 1. The summed E-state index contributed by atoms with van der Waals surface area (Å²) in [7, 11) is 1.70. The van der Waals surface area contributed by atoms with E-state index in [-0.39, 0.29) is 6.04 Å². The van der Waals surface area contributed by atoms with Gasteiger partial charge in [-0.15, -0.1) is 0 Å². The number of rotatable bonds is 4. The van der Waals surface area contributed by atoms with E-state index in [9.17, 15) is 0 Å². The van der Waals surface area contributed by atoms with Gasteiger partial charge in [0.25, 0.3) is 0 Å². The van der Waals surface area contributed by atoms with Gasteiger partial charge < -0.3 is 10.5 Å². The molecule has 0 heterocycles. The summed E-state index contributed by atoms with van der Waals surface area (Å²) in [5.74, 6) is 1.46. The van der Waals surface area contributed by atoms with Crippen molar-refractivity contribution >= 4 is 11.6 Å². The van der Waals surface area contributed by atoms with Crippen molar-refractivity contribution < 1.29 is 4.74 Å². The highest BCUT2D eigenvalue weighted by Gasteiger charge is 2.22. The van der Waals surface area contributed by atoms with Gasteiger partial charge in [0.15, 0.2) is 0 Å². The molecular formula is C15H22ClNO. The van der Waals surface area contributed by atoms with Crippen molar-refractivity contribution in [3.63, 3.8) is 0 Å². The van der Waals surface area contributed by atoms with Crippen LogP contribution in [0.4, 0.5) is 0 Å². The van der Waals surface area contributed by atoms with Crippen molar-refractivity contribution in [1.29, 1.82) is 0 Å². The highest BCUT2D eigenvalue weighted by Crippen LogP contribution is 2.42. The quantitative estimate of drug-likeness (QED) is 0.898. The summed E-state index contributed by atoms with van der Waals surface area (Å²) in [4.78, 5) is 0. The molecule has 1 atom stereocenters. The molecule has 0 radical (unpaired) electrons. The molecule has 2 nitrogen and oxygen atoms in total. The molecule has 0 aliphatic heterocycles. The number of ether oxygens (including phenoxy) is 1. The second-order valence-corrected chi connectivity index (χ2v) is 5.77. The molecule has 0 amide bonds. The SMILES string of the molecule is COc1c(Cl)cc(CC(C)N)cc1C1CCCC1. The average Bonchev–Trinajstić information content (AvgIpc) is 2.80. The molecule has 2 N–H and O–H groups in total. The van der Waals surface area contributed by atoms with E-state index in [0.717, 1.165) is 17.2 Å². The fourth-order valence-corrected chi connectivity index (χ4v) is 3.24. The summed E-state index contributed by atoms with van der Waals surface area (Å²) >= 11 is 6.33. The van der Waals surface area contributed by atoms with Gasteiger partial charge in [-0.2, -0.15) is 0 Å². The zero-order chi connectivity index (χ0) is 13.1. The van der Waals surface area contributed by atoms with Crippen LogP contribution >= 0.6 is 11.6 Å². The Morgan fingerprint density at radius 3 is 2.61 bits per heavy atom. The molecule has 18 heavy (non-hydrogen) atoms. The Bertz CT molecular complexity index is 411. The number of hydrogen-bond acceptors (Lipinski definition) is 2. The molecule has 0 bridgehead atoms. The third-order valence-electron chi connectivity index (χ3n) is 3.69. The number of methoxy groups -OCH3 is 1. The fraction of sp³-hybridized carbons (Fsp3) is 0.600. The maximum Gasteiger partial charge on any atom is 0.140 e. The second kappa shape index (κ2) is 5.94. The van der Waals surface area contributed by atoms with Gasteiger partial charge in [-0.25, -0.2) is 0 Å². The molecule has 1 unspecified atom stereocenters. The number of benzene rings is 1. The van der Waals surface area contributed by atoms with Crippen LogP contribution < -0.4 is 10.5 Å². The molecule has 1 aromatic rings. The Hall–Kier alpha value is -0.730. The van der Waals surface area contributed by atoms with Crippen LogP contribution in [-0.4, -0.2) is 13.2 Å². The van der Waals surface area contributed by atoms with Gasteiger partial charge in [-0.3, -0.25) is 0 Å². The Labute approximate surface area is 114 Å². The lowest BCUT2D eigenvalue weighted by molar-refractivity contribution is 0.405. The van der Waals surface area contributed by atoms with Crippen LogP contribution in [0.2, 0.25) is 5.02 Å². The summed E-state index contributed by atoms with van der Waals surface area (Å²) in [5.41, 5.74) is 8.37. The molecule has 1 aliphatic rings. The van der Waals surface area contributed by atoms with E-state index in [1.54, 1.807) is 7.11 Å². The first-order valence-electron chi connectivity index (χ1n) is 6.73. The summed E-state index contributed by atoms with van der Waals surface area (Å²) in [6, 6.07) is 4.39. The predicted octanol–water partition coefficient (Wildman–Crippen LogP) is 3.90. The predicted molar refractivity (Wildman–Crippen MR) is 76.6 cm³/mol. The van der Waals surface area contributed by atoms with E-state index >= 15 is 0 Å². The van der Waals surface area contributed by atoms with Gasteiger partial charge in [0, 0.05) is 6.04 Å². The van der Waals surface area contributed by atoms with E-state index < -0.39 is 0 Å². The first kappa shape index (κ1) is 13.7. The third kappa shape index (κ3) is 2.99. The topological polar surface area (TPSA) is 35.2 Å². The minimum atomic E-state index is 0.158. The smallest absolute Gasteiger partial charge is 0.140 e. The molecule has 0 aromatic heterocycles. The molecular weight excluding hydrogens is 246 g/mol. The Balaban J connectivity index is 2.36. The summed E-state index contributed by atoms with van der Waals surface area (Å²) in [6.45, 7) is 2.02. The van der Waals surface area contributed by atoms with E-state index in [1.165, 1.54) is 36.8 Å². The lowest BCUT2D eigenvalue weighted by Crippen LogP contribution is -2.18. The van der Waals surface area contributed by atoms with Crippen LogP contribution in [0, 0.1) is 0 Å². The molecule has 1 fully saturated rings. The Kier molecular flexibility index (Phi) is 4.52. The highest BCUT2D eigenvalue weighted by molar-refractivity contribution is 6.32. The van der Waals surface area contributed by atoms with Crippen LogP contribution in [0.1, 0.15) is 49.7 Å². The van der Waals surface area contributed by atoms with E-state index in [2.05, 4.69) is 6.07 Å². The average molecular weight is 268 g/mol. The van der Waals surface area contributed by atoms with Gasteiger partial charge in [0.2, 0.25) is 0 Å². The number of hydrogen-bond donors (Lipinski definition) is 1. The Morgan fingerprint density at radius 2 is 2.06 bits per heavy atom. The van der Waals surface area contributed by atoms with Gasteiger partial charge in [-0.1, -0.05) is 30.5 Å². The zero-order valence-electron chi connectivity index (χ0n) is 11.2. The van der Waals surface area contributed by atoms with Gasteiger partial charge >= 0.3 is 0 Å². The van der Waals surface area contributed by atoms with Crippen molar-refractivity contribution in [3.05, 3.63) is 28.3 Å². The molecule has 2 rings (SSSR count).